The normalized spacial score (nSPS) is 23.6. The smallest absolute Gasteiger partial charge is 0.256 e. The number of rotatable bonds is 4. The number of carboxylic acids is 1. The van der Waals surface area contributed by atoms with Crippen LogP contribution in [0.2, 0.25) is 0 Å². The number of fused-ring (bicyclic) bond motifs is 3. The third-order valence-corrected chi connectivity index (χ3v) is 5.52. The summed E-state index contributed by atoms with van der Waals surface area (Å²) < 4.78 is 0. The zero-order chi connectivity index (χ0) is 16.7. The Morgan fingerprint density at radius 2 is 2.04 bits per heavy atom. The van der Waals surface area contributed by atoms with E-state index in [2.05, 4.69) is 5.32 Å². The highest BCUT2D eigenvalue weighted by atomic mass is 32.2. The monoisotopic (exact) mass is 333 g/mol. The van der Waals surface area contributed by atoms with Crippen molar-refractivity contribution in [1.82, 2.24) is 10.2 Å². The summed E-state index contributed by atoms with van der Waals surface area (Å²) in [5.74, 6) is -1.77. The summed E-state index contributed by atoms with van der Waals surface area (Å²) in [6.45, 7) is 3.40. The van der Waals surface area contributed by atoms with E-state index in [1.165, 1.54) is 11.8 Å². The third-order valence-electron chi connectivity index (χ3n) is 4.21. The Morgan fingerprint density at radius 1 is 1.35 bits per heavy atom. The third kappa shape index (κ3) is 2.59. The lowest BCUT2D eigenvalue weighted by molar-refractivity contribution is -0.309. The predicted molar refractivity (Wildman–Crippen MR) is 83.4 cm³/mol. The molecule has 7 heteroatoms. The second kappa shape index (κ2) is 5.88. The SMILES string of the molecule is CC(C)[C@@H](NC(=O)[C@@H]1CS[C@H]2c3ccccc3C(=O)N12)C(=O)[O-]. The first-order valence-corrected chi connectivity index (χ1v) is 8.51. The van der Waals surface area contributed by atoms with E-state index in [1.54, 1.807) is 30.9 Å². The van der Waals surface area contributed by atoms with E-state index in [9.17, 15) is 19.5 Å². The van der Waals surface area contributed by atoms with Crippen molar-refractivity contribution in [2.24, 2.45) is 5.92 Å². The summed E-state index contributed by atoms with van der Waals surface area (Å²) in [6, 6.07) is 5.59. The standard InChI is InChI=1S/C16H18N2O4S/c1-8(2)12(16(21)22)17-13(19)11-7-23-15-10-6-4-3-5-9(10)14(20)18(11)15/h3-6,8,11-12,15H,7H2,1-2H3,(H,17,19)(H,21,22)/p-1/t11-,12+,15-/m0/s1. The molecule has 2 heterocycles. The van der Waals surface area contributed by atoms with Crippen LogP contribution in [0.25, 0.3) is 0 Å². The number of thioether (sulfide) groups is 1. The zero-order valence-corrected chi connectivity index (χ0v) is 13.6. The average molecular weight is 333 g/mol. The largest absolute Gasteiger partial charge is 0.548 e. The second-order valence-corrected chi connectivity index (χ2v) is 7.16. The van der Waals surface area contributed by atoms with E-state index in [0.717, 1.165) is 5.56 Å². The summed E-state index contributed by atoms with van der Waals surface area (Å²) in [5.41, 5.74) is 1.53. The maximum absolute atomic E-state index is 12.6. The lowest BCUT2D eigenvalue weighted by Gasteiger charge is -2.28. The van der Waals surface area contributed by atoms with Crippen molar-refractivity contribution in [3.63, 3.8) is 0 Å². The number of aliphatic carboxylic acids is 1. The lowest BCUT2D eigenvalue weighted by Crippen LogP contribution is -2.55. The van der Waals surface area contributed by atoms with Crippen molar-refractivity contribution in [1.29, 1.82) is 0 Å². The Labute approximate surface area is 138 Å². The van der Waals surface area contributed by atoms with Crippen LogP contribution < -0.4 is 10.4 Å². The van der Waals surface area contributed by atoms with Crippen molar-refractivity contribution in [2.75, 3.05) is 5.75 Å². The maximum Gasteiger partial charge on any atom is 0.256 e. The van der Waals surface area contributed by atoms with Gasteiger partial charge in [-0.3, -0.25) is 9.59 Å². The predicted octanol–water partition coefficient (Wildman–Crippen LogP) is 0.147. The molecule has 1 saturated heterocycles. The van der Waals surface area contributed by atoms with Crippen molar-refractivity contribution in [3.05, 3.63) is 35.4 Å². The fourth-order valence-electron chi connectivity index (χ4n) is 2.99. The fraction of sp³-hybridized carbons (Fsp3) is 0.438. The Hall–Kier alpha value is -2.02. The minimum atomic E-state index is -1.31. The number of nitrogens with one attached hydrogen (secondary N) is 1. The molecule has 2 amide bonds. The molecule has 0 unspecified atom stereocenters. The van der Waals surface area contributed by atoms with Gasteiger partial charge in [0.1, 0.15) is 11.4 Å². The number of hydrogen-bond donors (Lipinski definition) is 1. The summed E-state index contributed by atoms with van der Waals surface area (Å²) in [6.07, 6.45) is 0. The molecule has 2 aliphatic rings. The van der Waals surface area contributed by atoms with Crippen molar-refractivity contribution in [2.45, 2.75) is 31.3 Å². The molecule has 1 N–H and O–H groups in total. The fourth-order valence-corrected chi connectivity index (χ4v) is 4.45. The van der Waals surface area contributed by atoms with Crippen LogP contribution in [0.3, 0.4) is 0 Å². The molecule has 122 valence electrons. The molecule has 1 aromatic rings. The van der Waals surface area contributed by atoms with E-state index >= 15 is 0 Å². The molecule has 0 aromatic heterocycles. The molecule has 0 saturated carbocycles. The first-order chi connectivity index (χ1) is 10.9. The van der Waals surface area contributed by atoms with E-state index in [1.807, 2.05) is 12.1 Å². The van der Waals surface area contributed by atoms with Gasteiger partial charge in [0.2, 0.25) is 5.91 Å². The number of benzene rings is 1. The van der Waals surface area contributed by atoms with Crippen molar-refractivity contribution in [3.8, 4) is 0 Å². The number of nitrogens with zero attached hydrogens (tertiary/aromatic N) is 1. The molecule has 1 fully saturated rings. The van der Waals surface area contributed by atoms with Crippen LogP contribution in [0.1, 0.15) is 35.1 Å². The topological polar surface area (TPSA) is 89.5 Å². The van der Waals surface area contributed by atoms with Gasteiger partial charge >= 0.3 is 0 Å². The summed E-state index contributed by atoms with van der Waals surface area (Å²) in [7, 11) is 0. The van der Waals surface area contributed by atoms with E-state index < -0.39 is 24.0 Å². The summed E-state index contributed by atoms with van der Waals surface area (Å²) >= 11 is 1.52. The van der Waals surface area contributed by atoms with Crippen LogP contribution in [0.5, 0.6) is 0 Å². The lowest BCUT2D eigenvalue weighted by atomic mass is 10.0. The second-order valence-electron chi connectivity index (χ2n) is 6.05. The van der Waals surface area contributed by atoms with Gasteiger partial charge in [0.05, 0.1) is 12.0 Å². The van der Waals surface area contributed by atoms with Gasteiger partial charge in [-0.05, 0) is 17.5 Å². The van der Waals surface area contributed by atoms with Crippen LogP contribution in [0.4, 0.5) is 0 Å². The Balaban J connectivity index is 1.80. The van der Waals surface area contributed by atoms with Gasteiger partial charge in [0, 0.05) is 11.3 Å². The molecular formula is C16H17N2O4S-. The van der Waals surface area contributed by atoms with Gasteiger partial charge < -0.3 is 20.1 Å². The molecule has 0 spiro atoms. The van der Waals surface area contributed by atoms with E-state index in [0.29, 0.717) is 11.3 Å². The van der Waals surface area contributed by atoms with Gasteiger partial charge in [-0.25, -0.2) is 0 Å². The van der Waals surface area contributed by atoms with Gasteiger partial charge in [0.25, 0.3) is 5.91 Å². The Kier molecular flexibility index (Phi) is 4.06. The highest BCUT2D eigenvalue weighted by Gasteiger charge is 2.48. The first-order valence-electron chi connectivity index (χ1n) is 7.46. The Morgan fingerprint density at radius 3 is 2.70 bits per heavy atom. The van der Waals surface area contributed by atoms with Crippen LogP contribution in [-0.4, -0.2) is 40.5 Å². The van der Waals surface area contributed by atoms with Crippen LogP contribution >= 0.6 is 11.8 Å². The molecule has 3 rings (SSSR count). The Bertz CT molecular complexity index is 676. The van der Waals surface area contributed by atoms with E-state index in [-0.39, 0.29) is 17.2 Å². The van der Waals surface area contributed by atoms with Gasteiger partial charge in [-0.2, -0.15) is 0 Å². The van der Waals surface area contributed by atoms with Gasteiger partial charge in [-0.15, -0.1) is 11.8 Å². The van der Waals surface area contributed by atoms with Gasteiger partial charge in [0.15, 0.2) is 0 Å². The molecular weight excluding hydrogens is 316 g/mol. The van der Waals surface area contributed by atoms with Crippen molar-refractivity contribution < 1.29 is 19.5 Å². The molecule has 0 aliphatic carbocycles. The highest BCUT2D eigenvalue weighted by Crippen LogP contribution is 2.48. The molecule has 1 aromatic carbocycles. The molecule has 3 atom stereocenters. The van der Waals surface area contributed by atoms with Crippen LogP contribution in [-0.2, 0) is 9.59 Å². The zero-order valence-electron chi connectivity index (χ0n) is 12.8. The molecule has 0 bridgehead atoms. The number of carbonyl (C=O) groups is 3. The van der Waals surface area contributed by atoms with Crippen LogP contribution in [0, 0.1) is 5.92 Å². The number of carboxylic acid groups (broad SMARTS) is 1. The first kappa shape index (κ1) is 15.9. The van der Waals surface area contributed by atoms with E-state index in [4.69, 9.17) is 0 Å². The van der Waals surface area contributed by atoms with Crippen LogP contribution in [0.15, 0.2) is 24.3 Å². The van der Waals surface area contributed by atoms with Crippen molar-refractivity contribution >= 4 is 29.5 Å². The average Bonchev–Trinajstić information content (AvgIpc) is 3.05. The highest BCUT2D eigenvalue weighted by molar-refractivity contribution is 7.99. The molecule has 6 nitrogen and oxygen atoms in total. The quantitative estimate of drug-likeness (QED) is 0.847. The summed E-state index contributed by atoms with van der Waals surface area (Å²) in [5, 5.41) is 13.5. The molecule has 2 aliphatic heterocycles. The molecule has 23 heavy (non-hydrogen) atoms. The number of carbonyl (C=O) groups excluding carboxylic acids is 3. The minimum Gasteiger partial charge on any atom is -0.548 e. The number of hydrogen-bond acceptors (Lipinski definition) is 5. The van der Waals surface area contributed by atoms with Gasteiger partial charge in [-0.1, -0.05) is 32.0 Å². The maximum atomic E-state index is 12.6. The number of amides is 2. The minimum absolute atomic E-state index is 0.171. The molecule has 0 radical (unpaired) electrons. The summed E-state index contributed by atoms with van der Waals surface area (Å²) in [4.78, 5) is 37.7.